The van der Waals surface area contributed by atoms with Gasteiger partial charge in [0.05, 0.1) is 19.6 Å². The second-order valence-electron chi connectivity index (χ2n) is 10.2. The summed E-state index contributed by atoms with van der Waals surface area (Å²) in [7, 11) is 0. The summed E-state index contributed by atoms with van der Waals surface area (Å²) in [5, 5.41) is 34.5. The van der Waals surface area contributed by atoms with Gasteiger partial charge in [0.25, 0.3) is 0 Å². The number of alkyl carbamates (subject to hydrolysis) is 1. The lowest BCUT2D eigenvalue weighted by Gasteiger charge is -2.34. The molecule has 0 aromatic heterocycles. The summed E-state index contributed by atoms with van der Waals surface area (Å²) in [5.41, 5.74) is 0.0640. The summed E-state index contributed by atoms with van der Waals surface area (Å²) < 4.78 is 10.2. The normalized spacial score (nSPS) is 12.5. The zero-order valence-electron chi connectivity index (χ0n) is 23.8. The number of aliphatic hydroxyl groups excluding tert-OH is 1. The number of hydrogen-bond acceptors (Lipinski definition) is 9. The SMILES string of the molecule is CCOC(=O)CCNC(=O)C(c1ccc(O)cc1)N(CCO)C(=O)C(Cc1ccc(O)cc1)NC(=O)OC(C)(C)C. The standard InChI is InChI=1S/C29H39N3O9/c1-5-40-24(36)14-15-30-26(37)25(20-8-12-22(35)13-9-20)32(16-17-33)27(38)23(31-28(39)41-29(2,3)4)18-19-6-10-21(34)11-7-19/h6-13,23,25,33-35H,5,14-18H2,1-4H3,(H,30,37)(H,31,39). The van der Waals surface area contributed by atoms with Crippen LogP contribution in [-0.4, -0.2) is 82.0 Å². The summed E-state index contributed by atoms with van der Waals surface area (Å²) in [6.07, 6.45) is -0.981. The van der Waals surface area contributed by atoms with Crippen LogP contribution in [0.4, 0.5) is 4.79 Å². The summed E-state index contributed by atoms with van der Waals surface area (Å²) in [6, 6.07) is 9.14. The number of benzene rings is 2. The average Bonchev–Trinajstić information content (AvgIpc) is 2.89. The molecule has 41 heavy (non-hydrogen) atoms. The summed E-state index contributed by atoms with van der Waals surface area (Å²) in [4.78, 5) is 53.1. The van der Waals surface area contributed by atoms with Crippen LogP contribution in [0.5, 0.6) is 11.5 Å². The van der Waals surface area contributed by atoms with Crippen LogP contribution in [0.25, 0.3) is 0 Å². The molecule has 0 saturated carbocycles. The number of aromatic hydroxyl groups is 2. The number of ether oxygens (including phenoxy) is 2. The van der Waals surface area contributed by atoms with Crippen LogP contribution in [0.1, 0.15) is 51.3 Å². The molecule has 0 aliphatic heterocycles. The third-order valence-electron chi connectivity index (χ3n) is 5.69. The van der Waals surface area contributed by atoms with Crippen molar-refractivity contribution in [2.45, 2.75) is 58.2 Å². The molecule has 12 nitrogen and oxygen atoms in total. The van der Waals surface area contributed by atoms with Gasteiger partial charge in [0.15, 0.2) is 0 Å². The first kappa shape index (κ1) is 32.9. The minimum atomic E-state index is -1.29. The highest BCUT2D eigenvalue weighted by atomic mass is 16.6. The number of carbonyl (C=O) groups excluding carboxylic acids is 4. The molecule has 0 radical (unpaired) electrons. The number of phenols is 2. The van der Waals surface area contributed by atoms with Gasteiger partial charge in [-0.25, -0.2) is 4.79 Å². The van der Waals surface area contributed by atoms with E-state index in [0.717, 1.165) is 4.90 Å². The van der Waals surface area contributed by atoms with Crippen molar-refractivity contribution in [3.05, 3.63) is 59.7 Å². The van der Waals surface area contributed by atoms with Crippen LogP contribution in [0.2, 0.25) is 0 Å². The Morgan fingerprint density at radius 1 is 0.951 bits per heavy atom. The van der Waals surface area contributed by atoms with Crippen molar-refractivity contribution in [2.75, 3.05) is 26.3 Å². The van der Waals surface area contributed by atoms with E-state index in [1.807, 2.05) is 0 Å². The molecule has 5 N–H and O–H groups in total. The van der Waals surface area contributed by atoms with Gasteiger partial charge in [-0.3, -0.25) is 14.4 Å². The molecule has 0 fully saturated rings. The fraction of sp³-hybridized carbons (Fsp3) is 0.448. The van der Waals surface area contributed by atoms with Gasteiger partial charge in [-0.1, -0.05) is 24.3 Å². The van der Waals surface area contributed by atoms with Crippen LogP contribution in [-0.2, 0) is 30.3 Å². The Morgan fingerprint density at radius 2 is 1.54 bits per heavy atom. The van der Waals surface area contributed by atoms with E-state index in [-0.39, 0.29) is 44.0 Å². The number of rotatable bonds is 13. The molecule has 2 rings (SSSR count). The number of hydrogen-bond donors (Lipinski definition) is 5. The van der Waals surface area contributed by atoms with Crippen LogP contribution < -0.4 is 10.6 Å². The Labute approximate surface area is 239 Å². The van der Waals surface area contributed by atoms with Crippen molar-refractivity contribution in [3.63, 3.8) is 0 Å². The zero-order valence-corrected chi connectivity index (χ0v) is 23.8. The maximum absolute atomic E-state index is 14.1. The number of amides is 3. The van der Waals surface area contributed by atoms with Crippen molar-refractivity contribution in [1.29, 1.82) is 0 Å². The molecule has 2 aromatic carbocycles. The quantitative estimate of drug-likeness (QED) is 0.225. The Morgan fingerprint density at radius 3 is 2.07 bits per heavy atom. The molecule has 0 heterocycles. The van der Waals surface area contributed by atoms with Crippen molar-refractivity contribution >= 4 is 23.9 Å². The largest absolute Gasteiger partial charge is 0.508 e. The summed E-state index contributed by atoms with van der Waals surface area (Å²) >= 11 is 0. The first-order valence-electron chi connectivity index (χ1n) is 13.3. The molecule has 0 spiro atoms. The highest BCUT2D eigenvalue weighted by Crippen LogP contribution is 2.25. The van der Waals surface area contributed by atoms with Gasteiger partial charge in [-0.05, 0) is 63.1 Å². The van der Waals surface area contributed by atoms with Gasteiger partial charge < -0.3 is 40.3 Å². The maximum Gasteiger partial charge on any atom is 0.408 e. The lowest BCUT2D eigenvalue weighted by molar-refractivity contribution is -0.144. The molecule has 0 aliphatic rings. The predicted octanol–water partition coefficient (Wildman–Crippen LogP) is 2.17. The highest BCUT2D eigenvalue weighted by molar-refractivity contribution is 5.92. The molecular formula is C29H39N3O9. The Bertz CT molecular complexity index is 1160. The van der Waals surface area contributed by atoms with Crippen molar-refractivity contribution in [2.24, 2.45) is 0 Å². The number of nitrogens with zero attached hydrogens (tertiary/aromatic N) is 1. The number of phenolic OH excluding ortho intramolecular Hbond substituents is 2. The van der Waals surface area contributed by atoms with Crippen molar-refractivity contribution in [1.82, 2.24) is 15.5 Å². The van der Waals surface area contributed by atoms with E-state index < -0.39 is 48.2 Å². The molecule has 0 saturated heterocycles. The fourth-order valence-electron chi connectivity index (χ4n) is 3.94. The third kappa shape index (κ3) is 11.0. The van der Waals surface area contributed by atoms with E-state index in [2.05, 4.69) is 10.6 Å². The van der Waals surface area contributed by atoms with E-state index in [9.17, 15) is 34.5 Å². The topological polar surface area (TPSA) is 175 Å². The maximum atomic E-state index is 14.1. The highest BCUT2D eigenvalue weighted by Gasteiger charge is 2.36. The third-order valence-corrected chi connectivity index (χ3v) is 5.69. The van der Waals surface area contributed by atoms with Gasteiger partial charge in [-0.15, -0.1) is 0 Å². The lowest BCUT2D eigenvalue weighted by atomic mass is 10.00. The number of esters is 1. The van der Waals surface area contributed by atoms with E-state index in [1.165, 1.54) is 36.4 Å². The molecule has 2 atom stereocenters. The van der Waals surface area contributed by atoms with Crippen LogP contribution in [0.3, 0.4) is 0 Å². The second-order valence-corrected chi connectivity index (χ2v) is 10.2. The van der Waals surface area contributed by atoms with Gasteiger partial charge >= 0.3 is 12.1 Å². The first-order chi connectivity index (χ1) is 19.3. The van der Waals surface area contributed by atoms with Gasteiger partial charge in [0, 0.05) is 19.5 Å². The van der Waals surface area contributed by atoms with E-state index >= 15 is 0 Å². The summed E-state index contributed by atoms with van der Waals surface area (Å²) in [6.45, 7) is 6.01. The second kappa shape index (κ2) is 15.5. The molecule has 2 aromatic rings. The number of nitrogens with one attached hydrogen (secondary N) is 2. The molecule has 224 valence electrons. The van der Waals surface area contributed by atoms with Crippen LogP contribution in [0, 0.1) is 0 Å². The van der Waals surface area contributed by atoms with Crippen molar-refractivity contribution < 1.29 is 44.0 Å². The molecule has 12 heteroatoms. The lowest BCUT2D eigenvalue weighted by Crippen LogP contribution is -2.54. The van der Waals surface area contributed by atoms with E-state index in [4.69, 9.17) is 9.47 Å². The molecule has 2 unspecified atom stereocenters. The van der Waals surface area contributed by atoms with Crippen LogP contribution >= 0.6 is 0 Å². The fourth-order valence-corrected chi connectivity index (χ4v) is 3.94. The Hall–Kier alpha value is -4.32. The van der Waals surface area contributed by atoms with Gasteiger partial charge in [0.1, 0.15) is 29.2 Å². The number of aliphatic hydroxyl groups is 1. The molecule has 0 aliphatic carbocycles. The van der Waals surface area contributed by atoms with E-state index in [1.54, 1.807) is 39.8 Å². The number of carbonyl (C=O) groups is 4. The van der Waals surface area contributed by atoms with E-state index in [0.29, 0.717) is 11.1 Å². The van der Waals surface area contributed by atoms with Crippen LogP contribution in [0.15, 0.2) is 48.5 Å². The molecule has 0 bridgehead atoms. The Balaban J connectivity index is 2.45. The minimum Gasteiger partial charge on any atom is -0.508 e. The average molecular weight is 574 g/mol. The smallest absolute Gasteiger partial charge is 0.408 e. The zero-order chi connectivity index (χ0) is 30.6. The monoisotopic (exact) mass is 573 g/mol. The van der Waals surface area contributed by atoms with Gasteiger partial charge in [-0.2, -0.15) is 0 Å². The minimum absolute atomic E-state index is 0.0190. The van der Waals surface area contributed by atoms with Gasteiger partial charge in [0.2, 0.25) is 11.8 Å². The van der Waals surface area contributed by atoms with Crippen molar-refractivity contribution in [3.8, 4) is 11.5 Å². The first-order valence-corrected chi connectivity index (χ1v) is 13.3. The predicted molar refractivity (Wildman–Crippen MR) is 149 cm³/mol. The summed E-state index contributed by atoms with van der Waals surface area (Å²) in [5.74, 6) is -1.90. The molecular weight excluding hydrogens is 534 g/mol. The molecule has 3 amide bonds. The Kier molecular flexibility index (Phi) is 12.4.